The van der Waals surface area contributed by atoms with Gasteiger partial charge < -0.3 is 9.64 Å². The molecule has 0 spiro atoms. The van der Waals surface area contributed by atoms with E-state index in [0.29, 0.717) is 30.3 Å². The summed E-state index contributed by atoms with van der Waals surface area (Å²) in [6, 6.07) is 13.8. The third-order valence-corrected chi connectivity index (χ3v) is 7.78. The van der Waals surface area contributed by atoms with E-state index < -0.39 is 10.0 Å². The third kappa shape index (κ3) is 5.37. The van der Waals surface area contributed by atoms with Crippen LogP contribution in [0.1, 0.15) is 49.0 Å². The lowest BCUT2D eigenvalue weighted by molar-refractivity contribution is -0.134. The number of carbonyl (C=O) groups excluding carboxylic acids is 2. The number of carbonyl (C=O) groups is 2. The van der Waals surface area contributed by atoms with Crippen molar-refractivity contribution in [1.82, 2.24) is 9.21 Å². The molecule has 172 valence electrons. The van der Waals surface area contributed by atoms with E-state index in [2.05, 4.69) is 13.8 Å². The molecule has 1 aliphatic heterocycles. The Kier molecular flexibility index (Phi) is 7.69. The fourth-order valence-electron chi connectivity index (χ4n) is 3.67. The molecule has 0 radical (unpaired) electrons. The zero-order valence-electron chi connectivity index (χ0n) is 18.8. The first kappa shape index (κ1) is 23.9. The van der Waals surface area contributed by atoms with Crippen molar-refractivity contribution in [1.29, 1.82) is 0 Å². The van der Waals surface area contributed by atoms with Gasteiger partial charge in [-0.1, -0.05) is 44.2 Å². The monoisotopic (exact) mass is 458 g/mol. The smallest absolute Gasteiger partial charge is 0.260 e. The zero-order chi connectivity index (χ0) is 23.3. The Morgan fingerprint density at radius 2 is 1.72 bits per heavy atom. The van der Waals surface area contributed by atoms with Gasteiger partial charge in [-0.25, -0.2) is 8.42 Å². The van der Waals surface area contributed by atoms with Crippen LogP contribution in [0.3, 0.4) is 0 Å². The Hall–Kier alpha value is -2.71. The van der Waals surface area contributed by atoms with Crippen LogP contribution >= 0.6 is 0 Å². The molecule has 0 bridgehead atoms. The molecule has 1 aliphatic rings. The fraction of sp³-hybridized carbons (Fsp3) is 0.417. The van der Waals surface area contributed by atoms with Crippen LogP contribution in [0.5, 0.6) is 5.75 Å². The minimum Gasteiger partial charge on any atom is -0.483 e. The Morgan fingerprint density at radius 3 is 2.38 bits per heavy atom. The Labute approximate surface area is 190 Å². The van der Waals surface area contributed by atoms with Gasteiger partial charge in [-0.15, -0.1) is 0 Å². The zero-order valence-corrected chi connectivity index (χ0v) is 19.6. The molecule has 8 heteroatoms. The van der Waals surface area contributed by atoms with Crippen LogP contribution < -0.4 is 4.74 Å². The van der Waals surface area contributed by atoms with Gasteiger partial charge in [0, 0.05) is 31.7 Å². The van der Waals surface area contributed by atoms with E-state index in [0.717, 1.165) is 12.0 Å². The molecular weight excluding hydrogens is 428 g/mol. The van der Waals surface area contributed by atoms with E-state index in [-0.39, 0.29) is 36.3 Å². The number of ether oxygens (including phenoxy) is 1. The molecular formula is C24H30N2O5S. The van der Waals surface area contributed by atoms with Crippen molar-refractivity contribution in [3.05, 3.63) is 59.7 Å². The number of sulfonamides is 1. The van der Waals surface area contributed by atoms with Crippen LogP contribution in [0.25, 0.3) is 0 Å². The highest BCUT2D eigenvalue weighted by molar-refractivity contribution is 7.89. The predicted molar refractivity (Wildman–Crippen MR) is 122 cm³/mol. The number of piperazine rings is 1. The maximum atomic E-state index is 13.0. The molecule has 1 unspecified atom stereocenters. The van der Waals surface area contributed by atoms with Crippen molar-refractivity contribution in [2.45, 2.75) is 38.0 Å². The number of hydrogen-bond acceptors (Lipinski definition) is 5. The van der Waals surface area contributed by atoms with E-state index in [1.54, 1.807) is 17.0 Å². The lowest BCUT2D eigenvalue weighted by atomic mass is 9.98. The first-order valence-electron chi connectivity index (χ1n) is 10.8. The van der Waals surface area contributed by atoms with Crippen LogP contribution in [0.4, 0.5) is 0 Å². The summed E-state index contributed by atoms with van der Waals surface area (Å²) in [5.74, 6) is 0.685. The largest absolute Gasteiger partial charge is 0.483 e. The molecule has 32 heavy (non-hydrogen) atoms. The first-order chi connectivity index (χ1) is 15.2. The standard InChI is InChI=1S/C24H30N2O5S/c1-4-18(2)22-10-5-6-11-23(22)31-17-24(28)25-12-14-26(15-13-25)32(29,30)21-9-7-8-20(16-21)19(3)27/h5-11,16,18H,4,12-15,17H2,1-3H3. The highest BCUT2D eigenvalue weighted by Crippen LogP contribution is 2.28. The van der Waals surface area contributed by atoms with Gasteiger partial charge >= 0.3 is 0 Å². The van der Waals surface area contributed by atoms with E-state index in [9.17, 15) is 18.0 Å². The molecule has 0 aromatic heterocycles. The van der Waals surface area contributed by atoms with Crippen molar-refractivity contribution < 1.29 is 22.7 Å². The Balaban J connectivity index is 1.59. The van der Waals surface area contributed by atoms with E-state index >= 15 is 0 Å². The van der Waals surface area contributed by atoms with Gasteiger partial charge in [-0.2, -0.15) is 4.31 Å². The number of nitrogens with zero attached hydrogens (tertiary/aromatic N) is 2. The van der Waals surface area contributed by atoms with Gasteiger partial charge in [0.25, 0.3) is 5.91 Å². The van der Waals surface area contributed by atoms with Gasteiger partial charge in [-0.3, -0.25) is 9.59 Å². The van der Waals surface area contributed by atoms with Crippen molar-refractivity contribution in [3.63, 3.8) is 0 Å². The number of para-hydroxylation sites is 1. The van der Waals surface area contributed by atoms with Gasteiger partial charge in [0.15, 0.2) is 12.4 Å². The van der Waals surface area contributed by atoms with Crippen molar-refractivity contribution in [2.24, 2.45) is 0 Å². The lowest BCUT2D eigenvalue weighted by Gasteiger charge is -2.34. The Morgan fingerprint density at radius 1 is 1.03 bits per heavy atom. The first-order valence-corrected chi connectivity index (χ1v) is 12.3. The molecule has 0 saturated carbocycles. The van der Waals surface area contributed by atoms with Crippen LogP contribution in [-0.2, 0) is 14.8 Å². The number of ketones is 1. The summed E-state index contributed by atoms with van der Waals surface area (Å²) in [5.41, 5.74) is 1.43. The van der Waals surface area contributed by atoms with Crippen LogP contribution in [0, 0.1) is 0 Å². The summed E-state index contributed by atoms with van der Waals surface area (Å²) in [6.45, 7) is 6.53. The maximum absolute atomic E-state index is 13.0. The summed E-state index contributed by atoms with van der Waals surface area (Å²) in [4.78, 5) is 26.0. The molecule has 0 N–H and O–H groups in total. The van der Waals surface area contributed by atoms with Crippen LogP contribution in [0.2, 0.25) is 0 Å². The average molecular weight is 459 g/mol. The van der Waals surface area contributed by atoms with Gasteiger partial charge in [0.05, 0.1) is 4.90 Å². The summed E-state index contributed by atoms with van der Waals surface area (Å²) >= 11 is 0. The predicted octanol–water partition coefficient (Wildman–Crippen LogP) is 3.31. The van der Waals surface area contributed by atoms with Gasteiger partial charge in [-0.05, 0) is 43.0 Å². The van der Waals surface area contributed by atoms with E-state index in [1.165, 1.54) is 23.4 Å². The summed E-state index contributed by atoms with van der Waals surface area (Å²) in [7, 11) is -3.73. The van der Waals surface area contributed by atoms with Crippen molar-refractivity contribution in [3.8, 4) is 5.75 Å². The van der Waals surface area contributed by atoms with Crippen LogP contribution in [0.15, 0.2) is 53.4 Å². The molecule has 1 atom stereocenters. The van der Waals surface area contributed by atoms with Gasteiger partial charge in [0.1, 0.15) is 5.75 Å². The second kappa shape index (κ2) is 10.3. The lowest BCUT2D eigenvalue weighted by Crippen LogP contribution is -2.51. The second-order valence-corrected chi connectivity index (χ2v) is 9.94. The van der Waals surface area contributed by atoms with Gasteiger partial charge in [0.2, 0.25) is 10.0 Å². The Bertz CT molecular complexity index is 1080. The van der Waals surface area contributed by atoms with E-state index in [4.69, 9.17) is 4.74 Å². The minimum absolute atomic E-state index is 0.0825. The molecule has 3 rings (SSSR count). The molecule has 1 fully saturated rings. The molecule has 1 heterocycles. The summed E-state index contributed by atoms with van der Waals surface area (Å²) < 4.78 is 33.1. The summed E-state index contributed by atoms with van der Waals surface area (Å²) in [5, 5.41) is 0. The highest BCUT2D eigenvalue weighted by Gasteiger charge is 2.30. The van der Waals surface area contributed by atoms with Crippen LogP contribution in [-0.4, -0.2) is 62.1 Å². The fourth-order valence-corrected chi connectivity index (χ4v) is 5.14. The van der Waals surface area contributed by atoms with E-state index in [1.807, 2.05) is 24.3 Å². The maximum Gasteiger partial charge on any atom is 0.260 e. The topological polar surface area (TPSA) is 84.0 Å². The molecule has 1 amide bonds. The normalized spacial score (nSPS) is 15.9. The third-order valence-electron chi connectivity index (χ3n) is 5.88. The number of benzene rings is 2. The molecule has 2 aromatic rings. The highest BCUT2D eigenvalue weighted by atomic mass is 32.2. The van der Waals surface area contributed by atoms with Crippen molar-refractivity contribution >= 4 is 21.7 Å². The number of amides is 1. The number of hydrogen-bond donors (Lipinski definition) is 0. The minimum atomic E-state index is -3.73. The quantitative estimate of drug-likeness (QED) is 0.567. The molecule has 7 nitrogen and oxygen atoms in total. The number of rotatable bonds is 8. The average Bonchev–Trinajstić information content (AvgIpc) is 2.82. The SMILES string of the molecule is CCC(C)c1ccccc1OCC(=O)N1CCN(S(=O)(=O)c2cccc(C(C)=O)c2)CC1. The summed E-state index contributed by atoms with van der Waals surface area (Å²) in [6.07, 6.45) is 0.972. The van der Waals surface area contributed by atoms with Crippen molar-refractivity contribution in [2.75, 3.05) is 32.8 Å². The second-order valence-electron chi connectivity index (χ2n) is 8.00. The molecule has 2 aromatic carbocycles. The molecule has 1 saturated heterocycles. The molecule has 0 aliphatic carbocycles. The number of Topliss-reactive ketones (excluding diaryl/α,β-unsaturated/α-hetero) is 1.